The van der Waals surface area contributed by atoms with Gasteiger partial charge in [-0.1, -0.05) is 12.1 Å². The third-order valence-corrected chi connectivity index (χ3v) is 3.33. The average Bonchev–Trinajstić information content (AvgIpc) is 2.45. The lowest BCUT2D eigenvalue weighted by molar-refractivity contribution is -0.385. The second kappa shape index (κ2) is 5.75. The SMILES string of the molecule is Cc1cccc(N(C)C(=O)c2ccc([N+](=O)[O-])c(C)c2)c1. The van der Waals surface area contributed by atoms with Gasteiger partial charge in [0, 0.05) is 29.9 Å². The molecular formula is C16H16N2O3. The van der Waals surface area contributed by atoms with Crippen LogP contribution in [0.4, 0.5) is 11.4 Å². The van der Waals surface area contributed by atoms with Crippen LogP contribution in [0.5, 0.6) is 0 Å². The summed E-state index contributed by atoms with van der Waals surface area (Å²) in [5.41, 5.74) is 2.78. The first-order chi connectivity index (χ1) is 9.90. The molecule has 0 saturated heterocycles. The highest BCUT2D eigenvalue weighted by Gasteiger charge is 2.17. The summed E-state index contributed by atoms with van der Waals surface area (Å²) in [6.07, 6.45) is 0. The highest BCUT2D eigenvalue weighted by molar-refractivity contribution is 6.06. The number of amides is 1. The fourth-order valence-electron chi connectivity index (χ4n) is 2.14. The number of aryl methyl sites for hydroxylation is 2. The van der Waals surface area contributed by atoms with Crippen molar-refractivity contribution < 1.29 is 9.72 Å². The number of nitro benzene ring substituents is 1. The molecule has 0 aliphatic carbocycles. The van der Waals surface area contributed by atoms with Crippen molar-refractivity contribution in [2.45, 2.75) is 13.8 Å². The van der Waals surface area contributed by atoms with E-state index in [2.05, 4.69) is 0 Å². The number of benzene rings is 2. The Balaban J connectivity index is 2.32. The van der Waals surface area contributed by atoms with Crippen molar-refractivity contribution in [2.75, 3.05) is 11.9 Å². The minimum absolute atomic E-state index is 0.0183. The number of hydrogen-bond acceptors (Lipinski definition) is 3. The first-order valence-corrected chi connectivity index (χ1v) is 6.50. The lowest BCUT2D eigenvalue weighted by atomic mass is 10.1. The Kier molecular flexibility index (Phi) is 4.03. The Hall–Kier alpha value is -2.69. The van der Waals surface area contributed by atoms with E-state index in [9.17, 15) is 14.9 Å². The van der Waals surface area contributed by atoms with Crippen LogP contribution in [0, 0.1) is 24.0 Å². The molecule has 0 radical (unpaired) electrons. The van der Waals surface area contributed by atoms with Gasteiger partial charge in [0.25, 0.3) is 11.6 Å². The maximum atomic E-state index is 12.4. The van der Waals surface area contributed by atoms with Crippen LogP contribution in [-0.2, 0) is 0 Å². The molecule has 0 fully saturated rings. The van der Waals surface area contributed by atoms with E-state index in [4.69, 9.17) is 0 Å². The summed E-state index contributed by atoms with van der Waals surface area (Å²) in [6.45, 7) is 3.58. The zero-order valence-corrected chi connectivity index (χ0v) is 12.2. The van der Waals surface area contributed by atoms with E-state index in [0.717, 1.165) is 11.3 Å². The molecule has 2 aromatic rings. The largest absolute Gasteiger partial charge is 0.311 e. The Morgan fingerprint density at radius 3 is 2.43 bits per heavy atom. The predicted molar refractivity (Wildman–Crippen MR) is 81.7 cm³/mol. The van der Waals surface area contributed by atoms with Crippen LogP contribution in [0.25, 0.3) is 0 Å². The Labute approximate surface area is 123 Å². The maximum absolute atomic E-state index is 12.4. The molecule has 0 heterocycles. The summed E-state index contributed by atoms with van der Waals surface area (Å²) in [7, 11) is 1.69. The molecule has 108 valence electrons. The second-order valence-corrected chi connectivity index (χ2v) is 4.96. The molecule has 0 unspecified atom stereocenters. The second-order valence-electron chi connectivity index (χ2n) is 4.96. The van der Waals surface area contributed by atoms with E-state index in [1.807, 2.05) is 31.2 Å². The first kappa shape index (κ1) is 14.7. The quantitative estimate of drug-likeness (QED) is 0.640. The molecule has 0 aromatic heterocycles. The van der Waals surface area contributed by atoms with E-state index in [-0.39, 0.29) is 11.6 Å². The van der Waals surface area contributed by atoms with Gasteiger partial charge in [-0.2, -0.15) is 0 Å². The van der Waals surface area contributed by atoms with Crippen LogP contribution < -0.4 is 4.90 Å². The van der Waals surface area contributed by atoms with Crippen molar-refractivity contribution in [3.8, 4) is 0 Å². The van der Waals surface area contributed by atoms with E-state index < -0.39 is 4.92 Å². The lowest BCUT2D eigenvalue weighted by Crippen LogP contribution is -2.26. The Bertz CT molecular complexity index is 710. The Morgan fingerprint density at radius 1 is 1.14 bits per heavy atom. The average molecular weight is 284 g/mol. The molecule has 5 heteroatoms. The van der Waals surface area contributed by atoms with Crippen LogP contribution in [-0.4, -0.2) is 17.9 Å². The van der Waals surface area contributed by atoms with Crippen molar-refractivity contribution >= 4 is 17.3 Å². The maximum Gasteiger partial charge on any atom is 0.272 e. The van der Waals surface area contributed by atoms with E-state index in [1.165, 1.54) is 17.0 Å². The van der Waals surface area contributed by atoms with Gasteiger partial charge in [0.1, 0.15) is 0 Å². The van der Waals surface area contributed by atoms with Crippen molar-refractivity contribution in [2.24, 2.45) is 0 Å². The number of carbonyl (C=O) groups excluding carboxylic acids is 1. The van der Waals surface area contributed by atoms with Gasteiger partial charge in [-0.15, -0.1) is 0 Å². The lowest BCUT2D eigenvalue weighted by Gasteiger charge is -2.18. The van der Waals surface area contributed by atoms with Gasteiger partial charge in [-0.3, -0.25) is 14.9 Å². The van der Waals surface area contributed by atoms with Crippen molar-refractivity contribution in [1.29, 1.82) is 0 Å². The van der Waals surface area contributed by atoms with Crippen LogP contribution in [0.3, 0.4) is 0 Å². The molecule has 0 aliphatic rings. The monoisotopic (exact) mass is 284 g/mol. The zero-order valence-electron chi connectivity index (χ0n) is 12.2. The summed E-state index contributed by atoms with van der Waals surface area (Å²) in [6, 6.07) is 12.0. The number of nitro groups is 1. The third-order valence-electron chi connectivity index (χ3n) is 3.33. The molecule has 0 saturated carbocycles. The van der Waals surface area contributed by atoms with E-state index >= 15 is 0 Å². The topological polar surface area (TPSA) is 63.5 Å². The summed E-state index contributed by atoms with van der Waals surface area (Å²) in [5.74, 6) is -0.196. The highest BCUT2D eigenvalue weighted by Crippen LogP contribution is 2.22. The van der Waals surface area contributed by atoms with Gasteiger partial charge < -0.3 is 4.90 Å². The molecule has 2 rings (SSSR count). The van der Waals surface area contributed by atoms with Gasteiger partial charge in [-0.05, 0) is 43.7 Å². The molecule has 2 aromatic carbocycles. The number of nitrogens with zero attached hydrogens (tertiary/aromatic N) is 2. The number of anilines is 1. The molecule has 0 aliphatic heterocycles. The molecule has 5 nitrogen and oxygen atoms in total. The van der Waals surface area contributed by atoms with Gasteiger partial charge in [-0.25, -0.2) is 0 Å². The molecular weight excluding hydrogens is 268 g/mol. The molecule has 0 N–H and O–H groups in total. The van der Waals surface area contributed by atoms with Gasteiger partial charge in [0.2, 0.25) is 0 Å². The standard InChI is InChI=1S/C16H16N2O3/c1-11-5-4-6-14(9-11)17(3)16(19)13-7-8-15(18(20)21)12(2)10-13/h4-10H,1-3H3. The van der Waals surface area contributed by atoms with Gasteiger partial charge in [0.05, 0.1) is 4.92 Å². The summed E-state index contributed by atoms with van der Waals surface area (Å²) in [4.78, 5) is 24.3. The molecule has 0 spiro atoms. The number of hydrogen-bond donors (Lipinski definition) is 0. The minimum atomic E-state index is -0.451. The van der Waals surface area contributed by atoms with Crippen LogP contribution >= 0.6 is 0 Å². The van der Waals surface area contributed by atoms with Crippen molar-refractivity contribution in [3.05, 3.63) is 69.3 Å². The highest BCUT2D eigenvalue weighted by atomic mass is 16.6. The Morgan fingerprint density at radius 2 is 1.86 bits per heavy atom. The molecule has 0 atom stereocenters. The van der Waals surface area contributed by atoms with Crippen molar-refractivity contribution in [3.63, 3.8) is 0 Å². The first-order valence-electron chi connectivity index (χ1n) is 6.50. The van der Waals surface area contributed by atoms with Crippen molar-refractivity contribution in [1.82, 2.24) is 0 Å². The summed E-state index contributed by atoms with van der Waals surface area (Å²) >= 11 is 0. The zero-order chi connectivity index (χ0) is 15.6. The molecule has 1 amide bonds. The van der Waals surface area contributed by atoms with Gasteiger partial charge >= 0.3 is 0 Å². The van der Waals surface area contributed by atoms with Crippen LogP contribution in [0.15, 0.2) is 42.5 Å². The molecule has 0 bridgehead atoms. The molecule has 21 heavy (non-hydrogen) atoms. The third kappa shape index (κ3) is 3.08. The van der Waals surface area contributed by atoms with E-state index in [1.54, 1.807) is 20.0 Å². The summed E-state index contributed by atoms with van der Waals surface area (Å²) < 4.78 is 0. The fraction of sp³-hybridized carbons (Fsp3) is 0.188. The summed E-state index contributed by atoms with van der Waals surface area (Å²) in [5, 5.41) is 10.8. The smallest absolute Gasteiger partial charge is 0.272 e. The van der Waals surface area contributed by atoms with Gasteiger partial charge in [0.15, 0.2) is 0 Å². The minimum Gasteiger partial charge on any atom is -0.311 e. The number of rotatable bonds is 3. The fourth-order valence-corrected chi connectivity index (χ4v) is 2.14. The van der Waals surface area contributed by atoms with Crippen LogP contribution in [0.1, 0.15) is 21.5 Å². The normalized spacial score (nSPS) is 10.2. The van der Waals surface area contributed by atoms with E-state index in [0.29, 0.717) is 11.1 Å². The predicted octanol–water partition coefficient (Wildman–Crippen LogP) is 3.49. The van der Waals surface area contributed by atoms with Crippen LogP contribution in [0.2, 0.25) is 0 Å². The number of carbonyl (C=O) groups is 1.